The number of carbonyl (C=O) groups excluding carboxylic acids is 1. The normalized spacial score (nSPS) is 15.1. The number of hydrogen-bond donors (Lipinski definition) is 0. The number of nitrogens with zero attached hydrogens (tertiary/aromatic N) is 3. The fourth-order valence-corrected chi connectivity index (χ4v) is 5.62. The van der Waals surface area contributed by atoms with Gasteiger partial charge in [-0.15, -0.1) is 0 Å². The van der Waals surface area contributed by atoms with E-state index in [9.17, 15) is 17.6 Å². The van der Waals surface area contributed by atoms with Gasteiger partial charge in [0.05, 0.1) is 16.7 Å². The number of benzene rings is 2. The third kappa shape index (κ3) is 4.99. The highest BCUT2D eigenvalue weighted by Gasteiger charge is 2.31. The summed E-state index contributed by atoms with van der Waals surface area (Å²) in [6.45, 7) is 4.80. The summed E-state index contributed by atoms with van der Waals surface area (Å²) in [5, 5.41) is 0. The molecule has 1 aliphatic rings. The van der Waals surface area contributed by atoms with Crippen LogP contribution in [-0.4, -0.2) is 54.7 Å². The van der Waals surface area contributed by atoms with Crippen LogP contribution in [0.15, 0.2) is 58.0 Å². The molecule has 3 aromatic rings. The minimum Gasteiger partial charge on any atom is -0.441 e. The molecule has 7 nitrogen and oxygen atoms in total. The van der Waals surface area contributed by atoms with Crippen LogP contribution in [0.1, 0.15) is 23.4 Å². The molecular formula is C24H26FN3O4S. The number of aromatic nitrogens is 1. The topological polar surface area (TPSA) is 83.7 Å². The molecule has 1 aliphatic heterocycles. The lowest BCUT2D eigenvalue weighted by atomic mass is 10.2. The monoisotopic (exact) mass is 471 g/mol. The number of amides is 1. The van der Waals surface area contributed by atoms with Crippen molar-refractivity contribution >= 4 is 15.9 Å². The van der Waals surface area contributed by atoms with E-state index in [2.05, 4.69) is 4.98 Å². The molecule has 1 aromatic heterocycles. The van der Waals surface area contributed by atoms with Crippen LogP contribution in [0.25, 0.3) is 11.3 Å². The van der Waals surface area contributed by atoms with Gasteiger partial charge in [0, 0.05) is 39.0 Å². The molecule has 0 spiro atoms. The first-order valence-electron chi connectivity index (χ1n) is 10.8. The molecule has 1 saturated heterocycles. The van der Waals surface area contributed by atoms with E-state index in [0.29, 0.717) is 40.8 Å². The molecule has 0 saturated carbocycles. The zero-order valence-corrected chi connectivity index (χ0v) is 19.4. The van der Waals surface area contributed by atoms with Crippen molar-refractivity contribution in [2.45, 2.75) is 31.6 Å². The number of hydrogen-bond acceptors (Lipinski definition) is 5. The number of carbonyl (C=O) groups is 1. The van der Waals surface area contributed by atoms with E-state index in [-0.39, 0.29) is 31.8 Å². The van der Waals surface area contributed by atoms with Crippen LogP contribution in [0, 0.1) is 19.7 Å². The van der Waals surface area contributed by atoms with E-state index in [1.54, 1.807) is 36.1 Å². The first kappa shape index (κ1) is 23.1. The quantitative estimate of drug-likeness (QED) is 0.549. The average molecular weight is 472 g/mol. The zero-order valence-electron chi connectivity index (χ0n) is 18.6. The second-order valence-corrected chi connectivity index (χ2v) is 10.1. The number of aryl methyl sites for hydroxylation is 3. The van der Waals surface area contributed by atoms with Gasteiger partial charge >= 0.3 is 0 Å². The van der Waals surface area contributed by atoms with Gasteiger partial charge in [-0.2, -0.15) is 4.31 Å². The second-order valence-electron chi connectivity index (χ2n) is 8.15. The maximum absolute atomic E-state index is 13.9. The van der Waals surface area contributed by atoms with Crippen molar-refractivity contribution in [3.05, 3.63) is 71.5 Å². The third-order valence-electron chi connectivity index (χ3n) is 5.80. The molecule has 0 unspecified atom stereocenters. The Labute approximate surface area is 192 Å². The summed E-state index contributed by atoms with van der Waals surface area (Å²) in [5.41, 5.74) is 1.92. The Bertz CT molecular complexity index is 1260. The van der Waals surface area contributed by atoms with Gasteiger partial charge < -0.3 is 9.32 Å². The molecule has 1 amide bonds. The Morgan fingerprint density at radius 1 is 1.09 bits per heavy atom. The second kappa shape index (κ2) is 9.44. The van der Waals surface area contributed by atoms with Crippen LogP contribution < -0.4 is 0 Å². The lowest BCUT2D eigenvalue weighted by Gasteiger charge is -2.34. The van der Waals surface area contributed by atoms with Gasteiger partial charge in [-0.05, 0) is 43.2 Å². The van der Waals surface area contributed by atoms with Crippen LogP contribution >= 0.6 is 0 Å². The highest BCUT2D eigenvalue weighted by molar-refractivity contribution is 7.89. The van der Waals surface area contributed by atoms with Crippen molar-refractivity contribution in [2.75, 3.05) is 26.2 Å². The maximum atomic E-state index is 13.9. The van der Waals surface area contributed by atoms with Gasteiger partial charge in [0.15, 0.2) is 11.7 Å². The Hall–Kier alpha value is -3.04. The number of rotatable bonds is 6. The summed E-state index contributed by atoms with van der Waals surface area (Å²) in [4.78, 5) is 18.8. The van der Waals surface area contributed by atoms with Gasteiger partial charge in [-0.25, -0.2) is 17.8 Å². The molecule has 0 bridgehead atoms. The number of sulfonamides is 1. The number of halogens is 1. The molecule has 33 heavy (non-hydrogen) atoms. The van der Waals surface area contributed by atoms with Gasteiger partial charge in [0.2, 0.25) is 15.9 Å². The molecule has 4 rings (SSSR count). The lowest BCUT2D eigenvalue weighted by Crippen LogP contribution is -2.50. The van der Waals surface area contributed by atoms with E-state index in [1.807, 2.05) is 19.1 Å². The largest absolute Gasteiger partial charge is 0.441 e. The molecule has 174 valence electrons. The predicted molar refractivity (Wildman–Crippen MR) is 121 cm³/mol. The molecule has 0 aliphatic carbocycles. The minimum absolute atomic E-state index is 0.0931. The van der Waals surface area contributed by atoms with E-state index < -0.39 is 15.8 Å². The Balaban J connectivity index is 1.33. The van der Waals surface area contributed by atoms with Crippen molar-refractivity contribution in [2.24, 2.45) is 0 Å². The van der Waals surface area contributed by atoms with E-state index in [4.69, 9.17) is 4.42 Å². The van der Waals surface area contributed by atoms with E-state index in [1.165, 1.54) is 16.6 Å². The summed E-state index contributed by atoms with van der Waals surface area (Å²) in [5.74, 6) is 0.188. The van der Waals surface area contributed by atoms with Gasteiger partial charge in [0.25, 0.3) is 0 Å². The highest BCUT2D eigenvalue weighted by Crippen LogP contribution is 2.25. The maximum Gasteiger partial charge on any atom is 0.243 e. The smallest absolute Gasteiger partial charge is 0.243 e. The van der Waals surface area contributed by atoms with Crippen molar-refractivity contribution in [1.29, 1.82) is 0 Å². The third-order valence-corrected chi connectivity index (χ3v) is 7.84. The minimum atomic E-state index is -3.61. The van der Waals surface area contributed by atoms with Gasteiger partial charge in [0.1, 0.15) is 5.82 Å². The van der Waals surface area contributed by atoms with Crippen molar-refractivity contribution in [3.8, 4) is 11.3 Å². The summed E-state index contributed by atoms with van der Waals surface area (Å²) < 4.78 is 47.1. The van der Waals surface area contributed by atoms with Crippen LogP contribution in [0.3, 0.4) is 0 Å². The van der Waals surface area contributed by atoms with Crippen LogP contribution in [-0.2, 0) is 21.2 Å². The van der Waals surface area contributed by atoms with Crippen LogP contribution in [0.4, 0.5) is 4.39 Å². The Morgan fingerprint density at radius 3 is 2.55 bits per heavy atom. The Kier molecular flexibility index (Phi) is 6.62. The van der Waals surface area contributed by atoms with Crippen molar-refractivity contribution in [1.82, 2.24) is 14.2 Å². The summed E-state index contributed by atoms with van der Waals surface area (Å²) in [6.07, 6.45) is 1.92. The molecule has 0 radical (unpaired) electrons. The average Bonchev–Trinajstić information content (AvgIpc) is 3.28. The summed E-state index contributed by atoms with van der Waals surface area (Å²) in [7, 11) is -3.61. The molecule has 0 atom stereocenters. The highest BCUT2D eigenvalue weighted by atomic mass is 32.2. The van der Waals surface area contributed by atoms with Crippen molar-refractivity contribution < 1.29 is 22.0 Å². The molecule has 1 fully saturated rings. The SMILES string of the molecule is Cc1ccc(C)c(S(=O)(=O)N2CCN(C(=O)CCc3ncc(-c4ccccc4F)o3)CC2)c1. The van der Waals surface area contributed by atoms with E-state index >= 15 is 0 Å². The standard InChI is InChI=1S/C24H26FN3O4S/c1-17-7-8-18(2)22(15-17)33(30,31)28-13-11-27(12-14-28)24(29)10-9-23-26-16-21(32-23)19-5-3-4-6-20(19)25/h3-8,15-16H,9-14H2,1-2H3. The first-order chi connectivity index (χ1) is 15.8. The number of piperazine rings is 1. The summed E-state index contributed by atoms with van der Waals surface area (Å²) in [6, 6.07) is 11.7. The lowest BCUT2D eigenvalue weighted by molar-refractivity contribution is -0.132. The van der Waals surface area contributed by atoms with Gasteiger partial charge in [-0.3, -0.25) is 4.79 Å². The fraction of sp³-hybridized carbons (Fsp3) is 0.333. The Morgan fingerprint density at radius 2 is 1.82 bits per heavy atom. The van der Waals surface area contributed by atoms with Crippen molar-refractivity contribution in [3.63, 3.8) is 0 Å². The van der Waals surface area contributed by atoms with Gasteiger partial charge in [-0.1, -0.05) is 24.3 Å². The molecule has 2 aromatic carbocycles. The van der Waals surface area contributed by atoms with Crippen LogP contribution in [0.2, 0.25) is 0 Å². The molecular weight excluding hydrogens is 445 g/mol. The molecule has 0 N–H and O–H groups in total. The van der Waals surface area contributed by atoms with Crippen LogP contribution in [0.5, 0.6) is 0 Å². The number of oxazole rings is 1. The molecule has 9 heteroatoms. The summed E-state index contributed by atoms with van der Waals surface area (Å²) >= 11 is 0. The zero-order chi connectivity index (χ0) is 23.6. The fourth-order valence-electron chi connectivity index (χ4n) is 3.89. The predicted octanol–water partition coefficient (Wildman–Crippen LogP) is 3.56. The molecule has 2 heterocycles. The first-order valence-corrected chi connectivity index (χ1v) is 12.2. The van der Waals surface area contributed by atoms with E-state index in [0.717, 1.165) is 5.56 Å².